The van der Waals surface area contributed by atoms with Gasteiger partial charge in [-0.05, 0) is 6.92 Å². The third kappa shape index (κ3) is 3.96. The monoisotopic (exact) mass is 305 g/mol. The van der Waals surface area contributed by atoms with Crippen molar-refractivity contribution in [3.8, 4) is 0 Å². The molecule has 0 spiro atoms. The Kier molecular flexibility index (Phi) is 4.74. The quantitative estimate of drug-likeness (QED) is 0.791. The maximum atomic E-state index is 5.35. The largest absolute Gasteiger partial charge is 0.379 e. The zero-order chi connectivity index (χ0) is 14.5. The molecule has 0 amide bonds. The Bertz CT molecular complexity index is 586. The van der Waals surface area contributed by atoms with Crippen molar-refractivity contribution in [2.75, 3.05) is 32.8 Å². The highest BCUT2D eigenvalue weighted by Crippen LogP contribution is 2.14. The van der Waals surface area contributed by atoms with E-state index in [1.807, 2.05) is 23.2 Å². The molecule has 0 unspecified atom stereocenters. The van der Waals surface area contributed by atoms with Crippen LogP contribution in [0.5, 0.6) is 0 Å². The minimum atomic E-state index is 0.835. The Balaban J connectivity index is 1.57. The summed E-state index contributed by atoms with van der Waals surface area (Å²) in [5, 5.41) is 7.28. The summed E-state index contributed by atoms with van der Waals surface area (Å²) in [5.74, 6) is 0. The van der Waals surface area contributed by atoms with Crippen molar-refractivity contribution in [1.29, 1.82) is 0 Å². The molecular weight excluding hydrogens is 286 g/mol. The first-order valence-electron chi connectivity index (χ1n) is 7.09. The lowest BCUT2D eigenvalue weighted by atomic mass is 10.4. The van der Waals surface area contributed by atoms with Crippen molar-refractivity contribution >= 4 is 22.7 Å². The first-order valence-corrected chi connectivity index (χ1v) is 7.97. The van der Waals surface area contributed by atoms with E-state index >= 15 is 0 Å². The van der Waals surface area contributed by atoms with Crippen LogP contribution in [0.2, 0.25) is 0 Å². The number of morpholine rings is 1. The van der Waals surface area contributed by atoms with Crippen LogP contribution in [-0.2, 0) is 11.3 Å². The molecule has 3 heterocycles. The molecule has 0 atom stereocenters. The number of ether oxygens (including phenoxy) is 1. The average Bonchev–Trinajstić information content (AvgIpc) is 3.18. The minimum Gasteiger partial charge on any atom is -0.379 e. The molecule has 21 heavy (non-hydrogen) atoms. The van der Waals surface area contributed by atoms with Gasteiger partial charge in [-0.2, -0.15) is 5.10 Å². The van der Waals surface area contributed by atoms with Crippen LogP contribution in [0.1, 0.15) is 11.9 Å². The van der Waals surface area contributed by atoms with Gasteiger partial charge in [-0.1, -0.05) is 0 Å². The van der Waals surface area contributed by atoms with Crippen LogP contribution >= 0.6 is 11.3 Å². The molecule has 0 bridgehead atoms. The summed E-state index contributed by atoms with van der Waals surface area (Å²) in [4.78, 5) is 11.2. The van der Waals surface area contributed by atoms with Gasteiger partial charge in [0.1, 0.15) is 10.7 Å². The number of hydrogen-bond donors (Lipinski definition) is 0. The summed E-state index contributed by atoms with van der Waals surface area (Å²) in [6, 6.07) is 0. The molecule has 0 aliphatic carbocycles. The highest BCUT2D eigenvalue weighted by Gasteiger charge is 2.10. The van der Waals surface area contributed by atoms with Crippen molar-refractivity contribution < 1.29 is 4.74 Å². The summed E-state index contributed by atoms with van der Waals surface area (Å²) >= 11 is 1.60. The minimum absolute atomic E-state index is 0.835. The lowest BCUT2D eigenvalue weighted by Gasteiger charge is -2.26. The molecule has 1 fully saturated rings. The van der Waals surface area contributed by atoms with Crippen LogP contribution in [0, 0.1) is 0 Å². The number of hydrogen-bond acceptors (Lipinski definition) is 6. The molecule has 0 radical (unpaired) electrons. The average molecular weight is 305 g/mol. The third-order valence-corrected chi connectivity index (χ3v) is 4.29. The van der Waals surface area contributed by atoms with E-state index in [4.69, 9.17) is 4.74 Å². The highest BCUT2D eigenvalue weighted by molar-refractivity contribution is 7.11. The molecule has 112 valence electrons. The van der Waals surface area contributed by atoms with Gasteiger partial charge in [0.2, 0.25) is 0 Å². The van der Waals surface area contributed by atoms with Crippen LogP contribution in [0.15, 0.2) is 29.0 Å². The van der Waals surface area contributed by atoms with E-state index in [1.165, 1.54) is 0 Å². The fourth-order valence-electron chi connectivity index (χ4n) is 2.24. The molecule has 7 heteroatoms. The molecule has 2 aromatic rings. The molecular formula is C14H19N5OS. The number of aliphatic imine (C=N–C) groups is 1. The number of aromatic nitrogens is 3. The van der Waals surface area contributed by atoms with Crippen LogP contribution < -0.4 is 0 Å². The summed E-state index contributed by atoms with van der Waals surface area (Å²) in [5.41, 5.74) is 1.81. The third-order valence-electron chi connectivity index (χ3n) is 3.41. The standard InChI is InChI=1S/C14H19N5OS/c1-12(14-15-2-9-21-14)17-13-10-16-19(11-13)4-3-18-5-7-20-8-6-18/h2,9-11H,3-8H2,1H3. The van der Waals surface area contributed by atoms with Gasteiger partial charge in [0.25, 0.3) is 0 Å². The van der Waals surface area contributed by atoms with Crippen molar-refractivity contribution in [2.24, 2.45) is 4.99 Å². The second-order valence-corrected chi connectivity index (χ2v) is 5.84. The molecule has 0 N–H and O–H groups in total. The Morgan fingerprint density at radius 2 is 2.24 bits per heavy atom. The van der Waals surface area contributed by atoms with Crippen molar-refractivity contribution in [3.05, 3.63) is 29.0 Å². The smallest absolute Gasteiger partial charge is 0.137 e. The number of thiazole rings is 1. The van der Waals surface area contributed by atoms with Crippen LogP contribution in [-0.4, -0.2) is 58.2 Å². The maximum absolute atomic E-state index is 5.35. The lowest BCUT2D eigenvalue weighted by molar-refractivity contribution is 0.0360. The van der Waals surface area contributed by atoms with Crippen LogP contribution in [0.4, 0.5) is 5.69 Å². The normalized spacial score (nSPS) is 17.3. The van der Waals surface area contributed by atoms with Crippen molar-refractivity contribution in [1.82, 2.24) is 19.7 Å². The van der Waals surface area contributed by atoms with Gasteiger partial charge in [0.05, 0.1) is 37.9 Å². The van der Waals surface area contributed by atoms with Crippen LogP contribution in [0.3, 0.4) is 0 Å². The van der Waals surface area contributed by atoms with E-state index in [2.05, 4.69) is 20.0 Å². The summed E-state index contributed by atoms with van der Waals surface area (Å²) in [6.45, 7) is 7.55. The molecule has 3 rings (SSSR count). The SMILES string of the molecule is CC(=Nc1cnn(CCN2CCOCC2)c1)c1nccs1. The Hall–Kier alpha value is -1.57. The zero-order valence-corrected chi connectivity index (χ0v) is 12.9. The summed E-state index contributed by atoms with van der Waals surface area (Å²) < 4.78 is 7.30. The van der Waals surface area contributed by atoms with Gasteiger partial charge in [-0.25, -0.2) is 9.98 Å². The summed E-state index contributed by atoms with van der Waals surface area (Å²) in [6.07, 6.45) is 5.58. The fraction of sp³-hybridized carbons (Fsp3) is 0.500. The van der Waals surface area contributed by atoms with Gasteiger partial charge in [-0.3, -0.25) is 9.58 Å². The zero-order valence-electron chi connectivity index (χ0n) is 12.1. The predicted octanol–water partition coefficient (Wildman–Crippen LogP) is 1.81. The van der Waals surface area contributed by atoms with E-state index in [0.717, 1.165) is 55.8 Å². The Morgan fingerprint density at radius 3 is 3.00 bits per heavy atom. The van der Waals surface area contributed by atoms with Crippen LogP contribution in [0.25, 0.3) is 0 Å². The molecule has 1 aliphatic heterocycles. The topological polar surface area (TPSA) is 55.5 Å². The lowest BCUT2D eigenvalue weighted by Crippen LogP contribution is -2.38. The van der Waals surface area contributed by atoms with E-state index in [1.54, 1.807) is 23.7 Å². The van der Waals surface area contributed by atoms with E-state index in [-0.39, 0.29) is 0 Å². The van der Waals surface area contributed by atoms with Crippen molar-refractivity contribution in [3.63, 3.8) is 0 Å². The molecule has 0 aromatic carbocycles. The second-order valence-electron chi connectivity index (χ2n) is 4.95. The fourth-order valence-corrected chi connectivity index (χ4v) is 2.83. The predicted molar refractivity (Wildman–Crippen MR) is 83.5 cm³/mol. The summed E-state index contributed by atoms with van der Waals surface area (Å²) in [7, 11) is 0. The second kappa shape index (κ2) is 6.93. The number of nitrogens with zero attached hydrogens (tertiary/aromatic N) is 5. The molecule has 1 saturated heterocycles. The molecule has 1 aliphatic rings. The number of rotatable bonds is 5. The first kappa shape index (κ1) is 14.4. The first-order chi connectivity index (χ1) is 10.3. The van der Waals surface area contributed by atoms with Gasteiger partial charge in [0, 0.05) is 31.2 Å². The van der Waals surface area contributed by atoms with Crippen molar-refractivity contribution in [2.45, 2.75) is 13.5 Å². The van der Waals surface area contributed by atoms with Gasteiger partial charge < -0.3 is 4.74 Å². The highest BCUT2D eigenvalue weighted by atomic mass is 32.1. The Morgan fingerprint density at radius 1 is 1.38 bits per heavy atom. The Labute approximate surface area is 128 Å². The van der Waals surface area contributed by atoms with Gasteiger partial charge in [0.15, 0.2) is 0 Å². The molecule has 0 saturated carbocycles. The van der Waals surface area contributed by atoms with Gasteiger partial charge >= 0.3 is 0 Å². The van der Waals surface area contributed by atoms with E-state index in [9.17, 15) is 0 Å². The van der Waals surface area contributed by atoms with E-state index in [0.29, 0.717) is 0 Å². The maximum Gasteiger partial charge on any atom is 0.137 e. The molecule has 6 nitrogen and oxygen atoms in total. The molecule has 2 aromatic heterocycles. The van der Waals surface area contributed by atoms with E-state index < -0.39 is 0 Å². The van der Waals surface area contributed by atoms with Gasteiger partial charge in [-0.15, -0.1) is 11.3 Å².